The lowest BCUT2D eigenvalue weighted by Crippen LogP contribution is -2.58. The first-order valence-electron chi connectivity index (χ1n) is 6.63. The normalized spacial score (nSPS) is 35.4. The van der Waals surface area contributed by atoms with Crippen molar-refractivity contribution in [2.75, 3.05) is 19.6 Å². The van der Waals surface area contributed by atoms with Crippen LogP contribution in [0.5, 0.6) is 0 Å². The van der Waals surface area contributed by atoms with Crippen molar-refractivity contribution in [3.63, 3.8) is 0 Å². The van der Waals surface area contributed by atoms with Gasteiger partial charge >= 0.3 is 6.03 Å². The van der Waals surface area contributed by atoms with Crippen LogP contribution in [-0.4, -0.2) is 47.8 Å². The van der Waals surface area contributed by atoms with Gasteiger partial charge in [-0.1, -0.05) is 12.8 Å². The summed E-state index contributed by atoms with van der Waals surface area (Å²) >= 11 is 0. The van der Waals surface area contributed by atoms with Crippen LogP contribution < -0.4 is 11.1 Å². The van der Waals surface area contributed by atoms with Crippen LogP contribution in [-0.2, 0) is 0 Å². The molecule has 0 aromatic carbocycles. The van der Waals surface area contributed by atoms with Gasteiger partial charge in [0.25, 0.3) is 0 Å². The number of carbonyl (C=O) groups excluding carboxylic acids is 1. The molecule has 1 heterocycles. The maximum Gasteiger partial charge on any atom is 0.315 e. The number of rotatable bonds is 1. The standard InChI is InChI=1S/C12H23N3O2/c13-12(17)15-6-5-14-8-11(15)9-3-1-2-4-10(16)7-9/h9-11,14,16H,1-8H2,(H2,13,17). The Labute approximate surface area is 102 Å². The van der Waals surface area contributed by atoms with E-state index in [4.69, 9.17) is 5.73 Å². The predicted octanol–water partition coefficient (Wildman–Crippen LogP) is 0.280. The van der Waals surface area contributed by atoms with Crippen LogP contribution in [0, 0.1) is 5.92 Å². The van der Waals surface area contributed by atoms with E-state index in [1.165, 1.54) is 0 Å². The number of urea groups is 1. The van der Waals surface area contributed by atoms with Crippen molar-refractivity contribution in [2.24, 2.45) is 11.7 Å². The average Bonchev–Trinajstić information content (AvgIpc) is 2.54. The van der Waals surface area contributed by atoms with E-state index >= 15 is 0 Å². The summed E-state index contributed by atoms with van der Waals surface area (Å²) in [6.07, 6.45) is 4.81. The molecule has 2 amide bonds. The maximum atomic E-state index is 11.4. The lowest BCUT2D eigenvalue weighted by molar-refractivity contribution is 0.0901. The molecule has 2 aliphatic rings. The van der Waals surface area contributed by atoms with Crippen LogP contribution >= 0.6 is 0 Å². The molecule has 1 saturated carbocycles. The molecule has 98 valence electrons. The summed E-state index contributed by atoms with van der Waals surface area (Å²) in [6, 6.07) is -0.163. The van der Waals surface area contributed by atoms with Gasteiger partial charge in [-0.2, -0.15) is 0 Å². The zero-order valence-electron chi connectivity index (χ0n) is 10.3. The third kappa shape index (κ3) is 3.10. The van der Waals surface area contributed by atoms with Crippen molar-refractivity contribution in [3.05, 3.63) is 0 Å². The highest BCUT2D eigenvalue weighted by molar-refractivity contribution is 5.72. The van der Waals surface area contributed by atoms with Gasteiger partial charge in [0.15, 0.2) is 0 Å². The fourth-order valence-electron chi connectivity index (χ4n) is 3.14. The Morgan fingerprint density at radius 3 is 2.88 bits per heavy atom. The minimum atomic E-state index is -0.324. The van der Waals surface area contributed by atoms with E-state index in [9.17, 15) is 9.90 Å². The summed E-state index contributed by atoms with van der Waals surface area (Å²) in [4.78, 5) is 13.2. The fourth-order valence-corrected chi connectivity index (χ4v) is 3.14. The Kier molecular flexibility index (Phi) is 4.23. The molecule has 0 aromatic rings. The van der Waals surface area contributed by atoms with Crippen molar-refractivity contribution in [1.82, 2.24) is 10.2 Å². The van der Waals surface area contributed by atoms with Gasteiger partial charge in [0.1, 0.15) is 0 Å². The first-order chi connectivity index (χ1) is 8.18. The molecular weight excluding hydrogens is 218 g/mol. The molecule has 3 unspecified atom stereocenters. The molecule has 1 saturated heterocycles. The molecular formula is C12H23N3O2. The second-order valence-electron chi connectivity index (χ2n) is 5.24. The molecule has 17 heavy (non-hydrogen) atoms. The summed E-state index contributed by atoms with van der Waals surface area (Å²) in [5, 5.41) is 13.2. The first kappa shape index (κ1) is 12.6. The highest BCUT2D eigenvalue weighted by Gasteiger charge is 2.33. The second-order valence-corrected chi connectivity index (χ2v) is 5.24. The highest BCUT2D eigenvalue weighted by Crippen LogP contribution is 2.29. The topological polar surface area (TPSA) is 78.6 Å². The SMILES string of the molecule is NC(=O)N1CCNCC1C1CCCCC(O)C1. The fraction of sp³-hybridized carbons (Fsp3) is 0.917. The summed E-state index contributed by atoms with van der Waals surface area (Å²) in [5.41, 5.74) is 5.43. The van der Waals surface area contributed by atoms with Crippen LogP contribution in [0.2, 0.25) is 0 Å². The molecule has 4 N–H and O–H groups in total. The molecule has 3 atom stereocenters. The monoisotopic (exact) mass is 241 g/mol. The average molecular weight is 241 g/mol. The number of nitrogens with two attached hydrogens (primary N) is 1. The van der Waals surface area contributed by atoms with Crippen molar-refractivity contribution in [3.8, 4) is 0 Å². The number of hydrogen-bond donors (Lipinski definition) is 3. The summed E-state index contributed by atoms with van der Waals surface area (Å²) in [5.74, 6) is 0.382. The van der Waals surface area contributed by atoms with Crippen LogP contribution in [0.4, 0.5) is 4.79 Å². The maximum absolute atomic E-state index is 11.4. The number of hydrogen-bond acceptors (Lipinski definition) is 3. The number of nitrogens with zero attached hydrogens (tertiary/aromatic N) is 1. The molecule has 5 heteroatoms. The Hall–Kier alpha value is -0.810. The van der Waals surface area contributed by atoms with Crippen molar-refractivity contribution >= 4 is 6.03 Å². The van der Waals surface area contributed by atoms with Crippen molar-refractivity contribution < 1.29 is 9.90 Å². The number of aliphatic hydroxyl groups is 1. The van der Waals surface area contributed by atoms with Crippen molar-refractivity contribution in [1.29, 1.82) is 0 Å². The first-order valence-corrected chi connectivity index (χ1v) is 6.63. The number of nitrogens with one attached hydrogen (secondary N) is 1. The lowest BCUT2D eigenvalue weighted by atomic mass is 9.89. The van der Waals surface area contributed by atoms with Crippen LogP contribution in [0.1, 0.15) is 32.1 Å². The number of piperazine rings is 1. The zero-order chi connectivity index (χ0) is 12.3. The molecule has 5 nitrogen and oxygen atoms in total. The van der Waals surface area contributed by atoms with E-state index in [-0.39, 0.29) is 18.2 Å². The molecule has 2 rings (SSSR count). The van der Waals surface area contributed by atoms with Gasteiger partial charge in [0.05, 0.1) is 6.10 Å². The quantitative estimate of drug-likeness (QED) is 0.577. The predicted molar refractivity (Wildman–Crippen MR) is 65.5 cm³/mol. The molecule has 0 bridgehead atoms. The van der Waals surface area contributed by atoms with Gasteiger partial charge in [-0.25, -0.2) is 4.79 Å². The van der Waals surface area contributed by atoms with E-state index in [0.29, 0.717) is 12.5 Å². The van der Waals surface area contributed by atoms with Crippen LogP contribution in [0.25, 0.3) is 0 Å². The van der Waals surface area contributed by atoms with Gasteiger partial charge in [-0.15, -0.1) is 0 Å². The van der Waals surface area contributed by atoms with Gasteiger partial charge in [-0.05, 0) is 25.2 Å². The van der Waals surface area contributed by atoms with Crippen molar-refractivity contribution in [2.45, 2.75) is 44.2 Å². The van der Waals surface area contributed by atoms with E-state index < -0.39 is 0 Å². The molecule has 0 radical (unpaired) electrons. The van der Waals surface area contributed by atoms with Gasteiger partial charge in [-0.3, -0.25) is 0 Å². The van der Waals surface area contributed by atoms with E-state index in [2.05, 4.69) is 5.32 Å². The zero-order valence-corrected chi connectivity index (χ0v) is 10.3. The Morgan fingerprint density at radius 2 is 2.12 bits per heavy atom. The van der Waals surface area contributed by atoms with Gasteiger partial charge in [0.2, 0.25) is 0 Å². The highest BCUT2D eigenvalue weighted by atomic mass is 16.3. The summed E-state index contributed by atoms with van der Waals surface area (Å²) < 4.78 is 0. The number of primary amides is 1. The Bertz CT molecular complexity index is 272. The molecule has 1 aliphatic carbocycles. The smallest absolute Gasteiger partial charge is 0.315 e. The molecule has 0 spiro atoms. The Balaban J connectivity index is 2.04. The number of amides is 2. The lowest BCUT2D eigenvalue weighted by Gasteiger charge is -2.40. The summed E-state index contributed by atoms with van der Waals surface area (Å²) in [7, 11) is 0. The molecule has 2 fully saturated rings. The second kappa shape index (κ2) is 5.69. The largest absolute Gasteiger partial charge is 0.393 e. The van der Waals surface area contributed by atoms with E-state index in [1.807, 2.05) is 0 Å². The minimum absolute atomic E-state index is 0.161. The summed E-state index contributed by atoms with van der Waals surface area (Å²) in [6.45, 7) is 2.31. The Morgan fingerprint density at radius 1 is 1.35 bits per heavy atom. The molecule has 1 aliphatic heterocycles. The van der Waals surface area contributed by atoms with E-state index in [0.717, 1.165) is 45.2 Å². The van der Waals surface area contributed by atoms with Crippen LogP contribution in [0.3, 0.4) is 0 Å². The van der Waals surface area contributed by atoms with Gasteiger partial charge in [0, 0.05) is 25.7 Å². The minimum Gasteiger partial charge on any atom is -0.393 e. The van der Waals surface area contributed by atoms with Gasteiger partial charge < -0.3 is 21.1 Å². The third-order valence-corrected chi connectivity index (χ3v) is 4.05. The van der Waals surface area contributed by atoms with E-state index in [1.54, 1.807) is 4.90 Å². The number of aliphatic hydroxyl groups excluding tert-OH is 1. The molecule has 0 aromatic heterocycles. The number of carbonyl (C=O) groups is 1. The van der Waals surface area contributed by atoms with Crippen LogP contribution in [0.15, 0.2) is 0 Å². The third-order valence-electron chi connectivity index (χ3n) is 4.05.